The fourth-order valence-electron chi connectivity index (χ4n) is 2.87. The van der Waals surface area contributed by atoms with Crippen LogP contribution in [0, 0.1) is 0 Å². The van der Waals surface area contributed by atoms with Crippen molar-refractivity contribution in [1.29, 1.82) is 0 Å². The van der Waals surface area contributed by atoms with Crippen molar-refractivity contribution in [2.75, 3.05) is 20.8 Å². The third-order valence-corrected chi connectivity index (χ3v) is 6.00. The molecule has 178 valence electrons. The Morgan fingerprint density at radius 1 is 0.941 bits per heavy atom. The molecular weight excluding hydrogens is 458 g/mol. The van der Waals surface area contributed by atoms with Gasteiger partial charge in [0.05, 0.1) is 31.9 Å². The molecule has 9 nitrogen and oxygen atoms in total. The quantitative estimate of drug-likeness (QED) is 0.320. The van der Waals surface area contributed by atoms with E-state index in [4.69, 9.17) is 14.2 Å². The number of carbonyl (C=O) groups excluding carboxylic acids is 1. The van der Waals surface area contributed by atoms with Gasteiger partial charge in [-0.25, -0.2) is 18.6 Å². The molecule has 0 saturated heterocycles. The number of ether oxygens (including phenoxy) is 3. The van der Waals surface area contributed by atoms with Gasteiger partial charge in [-0.15, -0.1) is 0 Å². The number of nitrogens with one attached hydrogen (secondary N) is 2. The summed E-state index contributed by atoms with van der Waals surface area (Å²) in [5.74, 6) is 0.677. The van der Waals surface area contributed by atoms with Gasteiger partial charge in [-0.05, 0) is 35.4 Å². The van der Waals surface area contributed by atoms with Crippen LogP contribution in [0.1, 0.15) is 11.1 Å². The standard InChI is InChI=1S/C24H25N3O6S/c1-31-22-12-11-21(14-23(22)32-2)34(29,30)26-16-24(28)27-25-15-19-9-6-10-20(13-19)33-17-18-7-4-3-5-8-18/h3-15,26H,16-17H2,1-2H3,(H,27,28)/b25-15-. The fraction of sp³-hybridized carbons (Fsp3) is 0.167. The van der Waals surface area contributed by atoms with Crippen molar-refractivity contribution in [2.24, 2.45) is 5.10 Å². The first-order valence-electron chi connectivity index (χ1n) is 10.2. The van der Waals surface area contributed by atoms with Crippen molar-refractivity contribution in [3.05, 3.63) is 83.9 Å². The molecule has 1 amide bonds. The Morgan fingerprint density at radius 2 is 1.71 bits per heavy atom. The molecule has 2 N–H and O–H groups in total. The number of rotatable bonds is 11. The van der Waals surface area contributed by atoms with Gasteiger partial charge in [0.15, 0.2) is 11.5 Å². The summed E-state index contributed by atoms with van der Waals surface area (Å²) in [5, 5.41) is 3.87. The van der Waals surface area contributed by atoms with Crippen LogP contribution in [-0.4, -0.2) is 41.3 Å². The van der Waals surface area contributed by atoms with Crippen LogP contribution in [0.2, 0.25) is 0 Å². The van der Waals surface area contributed by atoms with Crippen molar-refractivity contribution in [3.8, 4) is 17.2 Å². The SMILES string of the molecule is COc1ccc(S(=O)(=O)NCC(=O)N/N=C\c2cccc(OCc3ccccc3)c2)cc1OC. The summed E-state index contributed by atoms with van der Waals surface area (Å²) < 4.78 is 43.1. The zero-order chi connectivity index (χ0) is 24.4. The largest absolute Gasteiger partial charge is 0.493 e. The minimum absolute atomic E-state index is 0.0613. The second-order valence-corrected chi connectivity index (χ2v) is 8.75. The normalized spacial score (nSPS) is 11.2. The van der Waals surface area contributed by atoms with Crippen LogP contribution < -0.4 is 24.4 Å². The Hall–Kier alpha value is -3.89. The number of amides is 1. The van der Waals surface area contributed by atoms with Gasteiger partial charge in [-0.1, -0.05) is 42.5 Å². The molecule has 0 bridgehead atoms. The van der Waals surface area contributed by atoms with E-state index >= 15 is 0 Å². The summed E-state index contributed by atoms with van der Waals surface area (Å²) in [7, 11) is -1.09. The van der Waals surface area contributed by atoms with Crippen molar-refractivity contribution in [1.82, 2.24) is 10.1 Å². The molecule has 0 unspecified atom stereocenters. The van der Waals surface area contributed by atoms with E-state index in [0.717, 1.165) is 5.56 Å². The molecule has 0 heterocycles. The molecule has 0 atom stereocenters. The molecule has 3 rings (SSSR count). The summed E-state index contributed by atoms with van der Waals surface area (Å²) in [6, 6.07) is 21.1. The van der Waals surface area contributed by atoms with E-state index < -0.39 is 22.5 Å². The predicted octanol–water partition coefficient (Wildman–Crippen LogP) is 2.71. The van der Waals surface area contributed by atoms with Gasteiger partial charge >= 0.3 is 0 Å². The number of sulfonamides is 1. The Morgan fingerprint density at radius 3 is 2.44 bits per heavy atom. The third-order valence-electron chi connectivity index (χ3n) is 4.60. The zero-order valence-corrected chi connectivity index (χ0v) is 19.5. The Bertz CT molecular complexity index is 1250. The summed E-state index contributed by atoms with van der Waals surface area (Å²) in [6.07, 6.45) is 1.44. The molecule has 0 saturated carbocycles. The van der Waals surface area contributed by atoms with E-state index in [1.807, 2.05) is 36.4 Å². The summed E-state index contributed by atoms with van der Waals surface area (Å²) in [4.78, 5) is 12.0. The van der Waals surface area contributed by atoms with E-state index in [1.54, 1.807) is 18.2 Å². The van der Waals surface area contributed by atoms with E-state index in [-0.39, 0.29) is 10.6 Å². The van der Waals surface area contributed by atoms with Crippen molar-refractivity contribution in [3.63, 3.8) is 0 Å². The van der Waals surface area contributed by atoms with Crippen LogP contribution in [-0.2, 0) is 21.4 Å². The first-order valence-corrected chi connectivity index (χ1v) is 11.7. The maximum absolute atomic E-state index is 12.5. The molecule has 0 aromatic heterocycles. The fourth-order valence-corrected chi connectivity index (χ4v) is 3.87. The molecular formula is C24H25N3O6S. The molecule has 0 fully saturated rings. The minimum Gasteiger partial charge on any atom is -0.493 e. The second-order valence-electron chi connectivity index (χ2n) is 6.98. The highest BCUT2D eigenvalue weighted by molar-refractivity contribution is 7.89. The monoisotopic (exact) mass is 483 g/mol. The van der Waals surface area contributed by atoms with Gasteiger partial charge < -0.3 is 14.2 Å². The highest BCUT2D eigenvalue weighted by Crippen LogP contribution is 2.29. The van der Waals surface area contributed by atoms with Crippen LogP contribution in [0.3, 0.4) is 0 Å². The molecule has 0 aliphatic carbocycles. The van der Waals surface area contributed by atoms with E-state index in [9.17, 15) is 13.2 Å². The lowest BCUT2D eigenvalue weighted by Crippen LogP contribution is -2.34. The molecule has 0 aliphatic rings. The first-order chi connectivity index (χ1) is 16.4. The van der Waals surface area contributed by atoms with Gasteiger partial charge in [0, 0.05) is 6.07 Å². The van der Waals surface area contributed by atoms with Gasteiger partial charge in [-0.2, -0.15) is 5.10 Å². The number of hydrazone groups is 1. The lowest BCUT2D eigenvalue weighted by Gasteiger charge is -2.10. The van der Waals surface area contributed by atoms with E-state index in [2.05, 4.69) is 15.2 Å². The highest BCUT2D eigenvalue weighted by atomic mass is 32.2. The highest BCUT2D eigenvalue weighted by Gasteiger charge is 2.18. The maximum atomic E-state index is 12.5. The first kappa shape index (κ1) is 24.7. The third kappa shape index (κ3) is 7.06. The van der Waals surface area contributed by atoms with Gasteiger partial charge in [0.2, 0.25) is 10.0 Å². The van der Waals surface area contributed by atoms with Crippen LogP contribution in [0.15, 0.2) is 82.8 Å². The van der Waals surface area contributed by atoms with Crippen LogP contribution in [0.4, 0.5) is 0 Å². The van der Waals surface area contributed by atoms with Crippen LogP contribution >= 0.6 is 0 Å². The molecule has 3 aromatic carbocycles. The lowest BCUT2D eigenvalue weighted by molar-refractivity contribution is -0.119. The summed E-state index contributed by atoms with van der Waals surface area (Å²) in [6.45, 7) is -0.0629. The van der Waals surface area contributed by atoms with Crippen molar-refractivity contribution in [2.45, 2.75) is 11.5 Å². The predicted molar refractivity (Wildman–Crippen MR) is 128 cm³/mol. The molecule has 34 heavy (non-hydrogen) atoms. The smallest absolute Gasteiger partial charge is 0.255 e. The summed E-state index contributed by atoms with van der Waals surface area (Å²) >= 11 is 0. The Balaban J connectivity index is 1.51. The summed E-state index contributed by atoms with van der Waals surface area (Å²) in [5.41, 5.74) is 4.04. The Labute approximate surface area is 198 Å². The Kier molecular flexibility index (Phi) is 8.60. The number of nitrogens with zero attached hydrogens (tertiary/aromatic N) is 1. The topological polar surface area (TPSA) is 115 Å². The maximum Gasteiger partial charge on any atom is 0.255 e. The number of hydrogen-bond donors (Lipinski definition) is 2. The average Bonchev–Trinajstić information content (AvgIpc) is 2.86. The van der Waals surface area contributed by atoms with Crippen molar-refractivity contribution < 1.29 is 27.4 Å². The van der Waals surface area contributed by atoms with Crippen LogP contribution in [0.5, 0.6) is 17.2 Å². The number of hydrogen-bond acceptors (Lipinski definition) is 7. The van der Waals surface area contributed by atoms with Gasteiger partial charge in [0.1, 0.15) is 12.4 Å². The molecule has 0 spiro atoms. The molecule has 3 aromatic rings. The second kappa shape index (κ2) is 11.8. The number of carbonyl (C=O) groups is 1. The minimum atomic E-state index is -3.94. The van der Waals surface area contributed by atoms with Crippen molar-refractivity contribution >= 4 is 22.1 Å². The van der Waals surface area contributed by atoms with Gasteiger partial charge in [-0.3, -0.25) is 4.79 Å². The van der Waals surface area contributed by atoms with Gasteiger partial charge in [0.25, 0.3) is 5.91 Å². The molecule has 0 radical (unpaired) electrons. The lowest BCUT2D eigenvalue weighted by atomic mass is 10.2. The zero-order valence-electron chi connectivity index (χ0n) is 18.7. The van der Waals surface area contributed by atoms with E-state index in [1.165, 1.54) is 38.6 Å². The average molecular weight is 484 g/mol. The number of methoxy groups -OCH3 is 2. The molecule has 10 heteroatoms. The molecule has 0 aliphatic heterocycles. The number of benzene rings is 3. The van der Waals surface area contributed by atoms with Crippen LogP contribution in [0.25, 0.3) is 0 Å². The van der Waals surface area contributed by atoms with E-state index in [0.29, 0.717) is 23.7 Å².